The van der Waals surface area contributed by atoms with Gasteiger partial charge in [0.2, 0.25) is 35.4 Å². The lowest BCUT2D eigenvalue weighted by molar-refractivity contribution is -0.142. The number of aliphatic hydroxyl groups is 3. The van der Waals surface area contributed by atoms with Gasteiger partial charge in [-0.3, -0.25) is 57.5 Å². The molecular weight excluding hydrogens is 1520 g/mol. The number of hydrogen-bond donors (Lipinski definition) is 14. The number of carbonyl (C=O) groups excluding carboxylic acids is 11. The third kappa shape index (κ3) is 31.2. The van der Waals surface area contributed by atoms with E-state index in [4.69, 9.17) is 21.9 Å². The number of aromatic amines is 1. The van der Waals surface area contributed by atoms with Gasteiger partial charge in [-0.05, 0) is 161 Å². The minimum atomic E-state index is -2.11. The molecule has 0 aliphatic rings. The van der Waals surface area contributed by atoms with Gasteiger partial charge in [-0.15, -0.1) is 10.2 Å². The number of halogens is 1. The van der Waals surface area contributed by atoms with E-state index in [-0.39, 0.29) is 76.2 Å². The van der Waals surface area contributed by atoms with Gasteiger partial charge >= 0.3 is 5.97 Å². The van der Waals surface area contributed by atoms with Crippen molar-refractivity contribution in [2.75, 3.05) is 19.8 Å². The highest BCUT2D eigenvalue weighted by atomic mass is 32.1. The summed E-state index contributed by atoms with van der Waals surface area (Å²) in [6.45, 7) is 10.7. The fraction of sp³-hybridized carbons (Fsp3) is 0.476. The van der Waals surface area contributed by atoms with Crippen LogP contribution in [0.5, 0.6) is 11.5 Å². The summed E-state index contributed by atoms with van der Waals surface area (Å²) in [5, 5.41) is 78.5. The maximum Gasteiger partial charge on any atom is 0.305 e. The Hall–Kier alpha value is -10.2. The number of unbranched alkanes of at least 4 members (excludes halogenated alkanes) is 1. The molecule has 1 heterocycles. The molecule has 12 atom stereocenters. The number of H-pyrrole nitrogens is 1. The lowest BCUT2D eigenvalue weighted by atomic mass is 9.76. The zero-order chi connectivity index (χ0) is 83.2. The van der Waals surface area contributed by atoms with E-state index in [1.54, 1.807) is 24.3 Å². The Balaban J connectivity index is 0.0000139. The van der Waals surface area contributed by atoms with Gasteiger partial charge in [-0.25, -0.2) is 4.39 Å². The van der Waals surface area contributed by atoms with Crippen LogP contribution in [0.1, 0.15) is 150 Å². The van der Waals surface area contributed by atoms with E-state index in [2.05, 4.69) is 47.2 Å². The molecule has 0 radical (unpaired) electrons. The molecule has 1 aromatic heterocycles. The van der Waals surface area contributed by atoms with Crippen LogP contribution < -0.4 is 48.5 Å². The van der Waals surface area contributed by atoms with Crippen LogP contribution in [-0.4, -0.2) is 185 Å². The van der Waals surface area contributed by atoms with Crippen molar-refractivity contribution in [1.29, 1.82) is 0 Å². The maximum atomic E-state index is 15.6. The molecule has 0 unspecified atom stereocenters. The average molecular weight is 1640 g/mol. The monoisotopic (exact) mass is 1630 g/mol. The number of ketones is 5. The summed E-state index contributed by atoms with van der Waals surface area (Å²) in [5.74, 6) is -15.8. The van der Waals surface area contributed by atoms with Gasteiger partial charge in [-0.1, -0.05) is 116 Å². The summed E-state index contributed by atoms with van der Waals surface area (Å²) in [6.07, 6.45) is -6.25. The van der Waals surface area contributed by atoms with Crippen molar-refractivity contribution >= 4 is 97.3 Å². The smallest absolute Gasteiger partial charge is 0.305 e. The number of ether oxygens (including phenoxy) is 1. The summed E-state index contributed by atoms with van der Waals surface area (Å²) in [6, 6.07) is 21.0. The first-order chi connectivity index (χ1) is 53.6. The van der Waals surface area contributed by atoms with Crippen molar-refractivity contribution in [2.45, 2.75) is 206 Å². The van der Waals surface area contributed by atoms with Crippen LogP contribution >= 0.6 is 27.0 Å². The van der Waals surface area contributed by atoms with Crippen LogP contribution in [0.2, 0.25) is 0 Å². The molecule has 0 aliphatic heterocycles. The standard InChI is InChI=1S/C82H107FN12O18.2H2S/c1-8-54-38-60(113-31-12-11-30-84)26-27-61(54)55-22-18-51(19-23-55)36-57(79(110)87-64(77(86)108)17-13-14-53-33-46(2)32-47(3)34-53)39-69(102)66(42-74(106)107)89-80(111)58(45-96)40-70(103)75(49(5)97)91-81(112)82(7,43-56-15-9-10-16-62(56)83)44-71(104)76(50(6)98)90-73(105)29-28-67(100)65(41-72-92-94-95-93-72)88-78(109)48(4)35-68(101)63(85)37-52-20-24-59(99)25-21-52;;/h9-10,15-16,18-27,32-34,38,48-50,57-58,63-66,75-76,96-99H,8,11-14,17,28-31,35-37,39-45,84-85H2,1-7H3,(H2,86,108)(H,87,110)(H,88,109)(H,89,111)(H,90,105)(H,91,112)(H,106,107)(H,92,93,94,95);2*1H2/t48-,49-,50-,57-,58+,63+,64+,65+,66+,75+,76+,82-;;/m1../s1. The van der Waals surface area contributed by atoms with E-state index in [0.29, 0.717) is 49.3 Å². The molecule has 33 heteroatoms. The molecule has 0 saturated carbocycles. The molecule has 6 aromatic rings. The largest absolute Gasteiger partial charge is 0.508 e. The maximum absolute atomic E-state index is 15.6. The number of phenolic OH excluding ortho intramolecular Hbond substituents is 1. The summed E-state index contributed by atoms with van der Waals surface area (Å²) >= 11 is 0. The number of nitrogens with one attached hydrogen (secondary N) is 6. The number of tetrazole rings is 1. The number of aliphatic hydroxyl groups excluding tert-OH is 3. The Kier molecular flexibility index (Phi) is 40.3. The first-order valence-corrected chi connectivity index (χ1v) is 37.9. The van der Waals surface area contributed by atoms with Gasteiger partial charge in [0.1, 0.15) is 35.4 Å². The van der Waals surface area contributed by atoms with E-state index < -0.39 is 199 Å². The number of aromatic hydroxyl groups is 1. The first-order valence-electron chi connectivity index (χ1n) is 37.9. The summed E-state index contributed by atoms with van der Waals surface area (Å²) in [4.78, 5) is 167. The second-order valence-electron chi connectivity index (χ2n) is 29.4. The Morgan fingerprint density at radius 1 is 0.626 bits per heavy atom. The lowest BCUT2D eigenvalue weighted by Gasteiger charge is -2.33. The molecular formula is C82H111FN12O18S2. The van der Waals surface area contributed by atoms with Gasteiger partial charge in [0.25, 0.3) is 0 Å². The van der Waals surface area contributed by atoms with E-state index in [1.807, 2.05) is 69.3 Å². The Morgan fingerprint density at radius 3 is 1.83 bits per heavy atom. The number of nitrogens with two attached hydrogens (primary N) is 3. The molecule has 0 aliphatic carbocycles. The Morgan fingerprint density at radius 2 is 1.23 bits per heavy atom. The average Bonchev–Trinajstić information content (AvgIpc) is 1.22. The predicted octanol–water partition coefficient (Wildman–Crippen LogP) is 4.05. The highest BCUT2D eigenvalue weighted by Crippen LogP contribution is 2.33. The fourth-order valence-corrected chi connectivity index (χ4v) is 13.3. The van der Waals surface area contributed by atoms with Crippen LogP contribution in [0.3, 0.4) is 0 Å². The zero-order valence-electron chi connectivity index (χ0n) is 65.9. The van der Waals surface area contributed by atoms with Gasteiger partial charge in [0.15, 0.2) is 34.7 Å². The number of hydrogen-bond acceptors (Lipinski definition) is 22. The Bertz CT molecular complexity index is 4250. The molecule has 5 aromatic carbocycles. The second-order valence-corrected chi connectivity index (χ2v) is 29.4. The summed E-state index contributed by atoms with van der Waals surface area (Å²) < 4.78 is 21.5. The van der Waals surface area contributed by atoms with E-state index in [9.17, 15) is 83.1 Å². The summed E-state index contributed by atoms with van der Waals surface area (Å²) in [7, 11) is 0. The van der Waals surface area contributed by atoms with Gasteiger partial charge in [0.05, 0.1) is 61.3 Å². The van der Waals surface area contributed by atoms with E-state index in [0.717, 1.165) is 66.1 Å². The van der Waals surface area contributed by atoms with Crippen molar-refractivity contribution in [3.8, 4) is 22.6 Å². The minimum absolute atomic E-state index is 0. The number of aryl methyl sites for hydroxylation is 4. The molecule has 17 N–H and O–H groups in total. The molecule has 626 valence electrons. The molecule has 6 rings (SSSR count). The SMILES string of the molecule is CCc1cc(OCCCCN)ccc1-c1ccc(C[C@H](CC(=O)[C@H](CC(=O)O)NC(=O)[C@H](CO)CC(=O)[C@@H](NC(=O)[C@@](C)(CC(=O)[C@@H](NC(=O)CCC(=O)[C@H](Cc2nn[nH]n2)NC(=O)[C@H](C)CC(=O)[C@@H](N)Cc2ccc(O)cc2)[C@@H](C)O)Cc2ccccc2F)[C@@H](C)O)C(=O)N[C@@H](CCCc2cc(C)cc(C)c2)C(N)=O)cc1.S.S. The van der Waals surface area contributed by atoms with E-state index >= 15 is 4.39 Å². The van der Waals surface area contributed by atoms with Crippen LogP contribution in [-0.2, 0) is 96.1 Å². The number of aliphatic carboxylic acids is 1. The second kappa shape index (κ2) is 47.6. The number of aromatic nitrogens is 4. The third-order valence-electron chi connectivity index (χ3n) is 19.7. The zero-order valence-corrected chi connectivity index (χ0v) is 67.9. The van der Waals surface area contributed by atoms with Crippen LogP contribution in [0.15, 0.2) is 109 Å². The van der Waals surface area contributed by atoms with Crippen molar-refractivity contribution in [1.82, 2.24) is 47.2 Å². The number of Topliss-reactive ketones (excluding diaryl/α,β-unsaturated/α-hetero) is 5. The number of carbonyl (C=O) groups is 12. The normalized spacial score (nSPS) is 14.5. The number of amides is 6. The van der Waals surface area contributed by atoms with E-state index in [1.165, 1.54) is 44.2 Å². The van der Waals surface area contributed by atoms with Crippen LogP contribution in [0.4, 0.5) is 4.39 Å². The highest BCUT2D eigenvalue weighted by molar-refractivity contribution is 7.59. The number of nitrogens with zero attached hydrogens (tertiary/aromatic N) is 3. The molecule has 30 nitrogen and oxygen atoms in total. The van der Waals surface area contributed by atoms with Crippen molar-refractivity contribution < 1.29 is 92.2 Å². The minimum Gasteiger partial charge on any atom is -0.508 e. The number of primary amides is 1. The van der Waals surface area contributed by atoms with Crippen molar-refractivity contribution in [3.63, 3.8) is 0 Å². The number of benzene rings is 5. The van der Waals surface area contributed by atoms with Crippen molar-refractivity contribution in [3.05, 3.63) is 160 Å². The number of rotatable bonds is 50. The number of carboxylic acids is 1. The molecule has 0 saturated heterocycles. The topological polar surface area (TPSA) is 508 Å². The first kappa shape index (κ1) is 97.2. The van der Waals surface area contributed by atoms with Crippen LogP contribution in [0.25, 0.3) is 11.1 Å². The molecule has 115 heavy (non-hydrogen) atoms. The Labute approximate surface area is 681 Å². The fourth-order valence-electron chi connectivity index (χ4n) is 13.3. The molecule has 0 spiro atoms. The molecule has 0 bridgehead atoms. The summed E-state index contributed by atoms with van der Waals surface area (Å²) in [5.41, 5.74) is 22.5. The number of carboxylic acid groups (broad SMARTS) is 1. The third-order valence-corrected chi connectivity index (χ3v) is 19.7. The predicted molar refractivity (Wildman–Crippen MR) is 435 cm³/mol. The van der Waals surface area contributed by atoms with Gasteiger partial charge in [-0.2, -0.15) is 32.2 Å². The quantitative estimate of drug-likeness (QED) is 0.0239. The van der Waals surface area contributed by atoms with Crippen LogP contribution in [0, 0.1) is 42.8 Å². The molecule has 0 fully saturated rings. The highest BCUT2D eigenvalue weighted by Gasteiger charge is 2.43. The van der Waals surface area contributed by atoms with Gasteiger partial charge in [0, 0.05) is 56.8 Å². The lowest BCUT2D eigenvalue weighted by Crippen LogP contribution is -2.55. The van der Waals surface area contributed by atoms with Crippen molar-refractivity contribution in [2.24, 2.45) is 40.4 Å². The molecule has 6 amide bonds. The van der Waals surface area contributed by atoms with Gasteiger partial charge < -0.3 is 74.1 Å². The number of phenols is 1.